The first-order valence-corrected chi connectivity index (χ1v) is 10.9. The van der Waals surface area contributed by atoms with Crippen LogP contribution in [0.5, 0.6) is 11.5 Å². The van der Waals surface area contributed by atoms with E-state index in [1.807, 2.05) is 0 Å². The maximum atomic E-state index is 11.7. The van der Waals surface area contributed by atoms with Gasteiger partial charge in [0.15, 0.2) is 13.2 Å². The molecule has 0 aliphatic heterocycles. The molecule has 2 aromatic rings. The van der Waals surface area contributed by atoms with E-state index in [1.54, 1.807) is 12.1 Å². The Balaban J connectivity index is 0.000000450. The minimum Gasteiger partial charge on any atom is -0.506 e. The largest absolute Gasteiger partial charge is 0.506 e. The fourth-order valence-electron chi connectivity index (χ4n) is 1.15. The minimum absolute atomic E-state index is 0.0977. The maximum absolute atomic E-state index is 11.7. The van der Waals surface area contributed by atoms with Crippen molar-refractivity contribution in [1.82, 2.24) is 9.97 Å². The fraction of sp³-hybridized carbons (Fsp3) is 0.333. The average Bonchev–Trinajstić information content (AvgIpc) is 2.61. The highest BCUT2D eigenvalue weighted by Crippen LogP contribution is 2.18. The number of nitrogens with zero attached hydrogens (tertiary/aromatic N) is 2. The standard InChI is InChI=1S/C7H5BrF3NO.C5H4BrNO.C3H5F3O3S/c8-6-2-1-5(3-12-6)13-4-7(9,10)11;6-5-2-1-4(8)3-7-5;1-10(7,8)9-2-3(4,5)6/h1-3H,4H2;1-3,8H;2H2,1H3. The Morgan fingerprint density at radius 3 is 1.68 bits per heavy atom. The molecule has 0 unspecified atom stereocenters. The predicted molar refractivity (Wildman–Crippen MR) is 104 cm³/mol. The molecule has 2 aromatic heterocycles. The van der Waals surface area contributed by atoms with Gasteiger partial charge in [0.1, 0.15) is 20.7 Å². The van der Waals surface area contributed by atoms with Gasteiger partial charge in [0.25, 0.3) is 10.1 Å². The van der Waals surface area contributed by atoms with Crippen molar-refractivity contribution in [1.29, 1.82) is 0 Å². The van der Waals surface area contributed by atoms with Crippen LogP contribution in [0.2, 0.25) is 0 Å². The monoisotopic (exact) mass is 606 g/mol. The van der Waals surface area contributed by atoms with Crippen LogP contribution in [0.25, 0.3) is 0 Å². The van der Waals surface area contributed by atoms with Crippen molar-refractivity contribution in [3.05, 3.63) is 45.9 Å². The highest BCUT2D eigenvalue weighted by Gasteiger charge is 2.29. The number of halogens is 8. The van der Waals surface area contributed by atoms with Gasteiger partial charge in [0, 0.05) is 0 Å². The number of pyridine rings is 2. The predicted octanol–water partition coefficient (Wildman–Crippen LogP) is 4.86. The Labute approximate surface area is 189 Å². The lowest BCUT2D eigenvalue weighted by Crippen LogP contribution is -2.19. The van der Waals surface area contributed by atoms with Gasteiger partial charge in [-0.1, -0.05) is 0 Å². The highest BCUT2D eigenvalue weighted by molar-refractivity contribution is 9.10. The molecule has 0 amide bonds. The Hall–Kier alpha value is -1.65. The van der Waals surface area contributed by atoms with E-state index in [4.69, 9.17) is 5.11 Å². The van der Waals surface area contributed by atoms with Crippen molar-refractivity contribution in [3.8, 4) is 11.5 Å². The smallest absolute Gasteiger partial charge is 0.422 e. The highest BCUT2D eigenvalue weighted by atomic mass is 79.9. The van der Waals surface area contributed by atoms with E-state index < -0.39 is 35.7 Å². The quantitative estimate of drug-likeness (QED) is 0.301. The molecule has 2 heterocycles. The molecule has 0 radical (unpaired) electrons. The number of aromatic nitrogens is 2. The van der Waals surface area contributed by atoms with Crippen molar-refractivity contribution in [3.63, 3.8) is 0 Å². The third-order valence-electron chi connectivity index (χ3n) is 2.25. The van der Waals surface area contributed by atoms with E-state index in [0.717, 1.165) is 4.60 Å². The number of ether oxygens (including phenoxy) is 1. The summed E-state index contributed by atoms with van der Waals surface area (Å²) in [5, 5.41) is 8.67. The normalized spacial score (nSPS) is 11.5. The molecule has 16 heteroatoms. The lowest BCUT2D eigenvalue weighted by Gasteiger charge is -2.08. The van der Waals surface area contributed by atoms with Crippen molar-refractivity contribution in [2.24, 2.45) is 0 Å². The average molecular weight is 608 g/mol. The molecule has 0 fully saturated rings. The summed E-state index contributed by atoms with van der Waals surface area (Å²) in [5.74, 6) is 0.286. The van der Waals surface area contributed by atoms with E-state index in [2.05, 4.69) is 50.7 Å². The van der Waals surface area contributed by atoms with Crippen molar-refractivity contribution >= 4 is 42.0 Å². The molecule has 0 spiro atoms. The number of rotatable bonds is 4. The molecular weight excluding hydrogens is 594 g/mol. The summed E-state index contributed by atoms with van der Waals surface area (Å²) in [6, 6.07) is 6.15. The van der Waals surface area contributed by atoms with Gasteiger partial charge in [-0.15, -0.1) is 0 Å². The van der Waals surface area contributed by atoms with E-state index >= 15 is 0 Å². The zero-order chi connectivity index (χ0) is 24.3. The molecule has 7 nitrogen and oxygen atoms in total. The fourth-order valence-corrected chi connectivity index (χ4v) is 1.97. The summed E-state index contributed by atoms with van der Waals surface area (Å²) in [6.45, 7) is -3.05. The SMILES string of the molecule is CS(=O)(=O)OCC(F)(F)F.FC(F)(F)COc1ccc(Br)nc1.Oc1ccc(Br)nc1. The van der Waals surface area contributed by atoms with Gasteiger partial charge in [-0.25, -0.2) is 9.97 Å². The Kier molecular flexibility index (Phi) is 12.3. The van der Waals surface area contributed by atoms with Gasteiger partial charge in [0.2, 0.25) is 0 Å². The molecule has 1 N–H and O–H groups in total. The molecule has 0 aliphatic rings. The van der Waals surface area contributed by atoms with Crippen LogP contribution >= 0.6 is 31.9 Å². The number of hydrogen-bond acceptors (Lipinski definition) is 7. The second kappa shape index (κ2) is 13.0. The number of aromatic hydroxyl groups is 1. The Bertz CT molecular complexity index is 858. The molecule has 0 atom stereocenters. The van der Waals surface area contributed by atoms with Crippen LogP contribution in [0, 0.1) is 0 Å². The van der Waals surface area contributed by atoms with Crippen molar-refractivity contribution < 1.29 is 48.8 Å². The summed E-state index contributed by atoms with van der Waals surface area (Å²) >= 11 is 6.17. The molecule has 0 aromatic carbocycles. The van der Waals surface area contributed by atoms with Gasteiger partial charge in [-0.3, -0.25) is 4.18 Å². The van der Waals surface area contributed by atoms with Gasteiger partial charge in [-0.05, 0) is 56.1 Å². The Morgan fingerprint density at radius 1 is 0.903 bits per heavy atom. The second-order valence-electron chi connectivity index (χ2n) is 5.14. The van der Waals surface area contributed by atoms with E-state index in [-0.39, 0.29) is 11.5 Å². The van der Waals surface area contributed by atoms with Crippen LogP contribution in [0.1, 0.15) is 0 Å². The van der Waals surface area contributed by atoms with Gasteiger partial charge < -0.3 is 9.84 Å². The molecule has 0 saturated carbocycles. The summed E-state index contributed by atoms with van der Waals surface area (Å²) in [4.78, 5) is 7.45. The molecule has 2 rings (SSSR count). The second-order valence-corrected chi connectivity index (χ2v) is 8.41. The van der Waals surface area contributed by atoms with Crippen molar-refractivity contribution in [2.45, 2.75) is 12.4 Å². The van der Waals surface area contributed by atoms with Crippen LogP contribution < -0.4 is 4.74 Å². The van der Waals surface area contributed by atoms with Crippen LogP contribution in [-0.2, 0) is 14.3 Å². The molecule has 0 bridgehead atoms. The van der Waals surface area contributed by atoms with Crippen LogP contribution in [-0.4, -0.2) is 55.3 Å². The first kappa shape index (κ1) is 29.4. The third-order valence-corrected chi connectivity index (χ3v) is 3.74. The van der Waals surface area contributed by atoms with Crippen LogP contribution in [0.15, 0.2) is 45.9 Å². The van der Waals surface area contributed by atoms with E-state index in [9.17, 15) is 34.8 Å². The number of hydrogen-bond donors (Lipinski definition) is 1. The third kappa shape index (κ3) is 20.0. The summed E-state index contributed by atoms with van der Waals surface area (Å²) < 4.78 is 97.6. The zero-order valence-corrected chi connectivity index (χ0v) is 19.3. The minimum atomic E-state index is -4.59. The lowest BCUT2D eigenvalue weighted by molar-refractivity contribution is -0.153. The summed E-state index contributed by atoms with van der Waals surface area (Å²) in [7, 11) is -3.98. The topological polar surface area (TPSA) is 98.6 Å². The Morgan fingerprint density at radius 2 is 1.39 bits per heavy atom. The van der Waals surface area contributed by atoms with E-state index in [1.165, 1.54) is 24.5 Å². The van der Waals surface area contributed by atoms with Gasteiger partial charge in [-0.2, -0.15) is 34.8 Å². The van der Waals surface area contributed by atoms with Crippen LogP contribution in [0.4, 0.5) is 26.3 Å². The van der Waals surface area contributed by atoms with Crippen LogP contribution in [0.3, 0.4) is 0 Å². The molecule has 31 heavy (non-hydrogen) atoms. The maximum Gasteiger partial charge on any atom is 0.422 e. The number of alkyl halides is 6. The van der Waals surface area contributed by atoms with E-state index in [0.29, 0.717) is 10.9 Å². The molecule has 176 valence electrons. The zero-order valence-electron chi connectivity index (χ0n) is 15.3. The first-order chi connectivity index (χ1) is 14.0. The van der Waals surface area contributed by atoms with Gasteiger partial charge >= 0.3 is 12.4 Å². The summed E-state index contributed by atoms with van der Waals surface area (Å²) in [6.07, 6.45) is -5.76. The molecule has 0 saturated heterocycles. The van der Waals surface area contributed by atoms with Gasteiger partial charge in [0.05, 0.1) is 18.6 Å². The van der Waals surface area contributed by atoms with Crippen molar-refractivity contribution in [2.75, 3.05) is 19.5 Å². The first-order valence-electron chi connectivity index (χ1n) is 7.49. The summed E-state index contributed by atoms with van der Waals surface area (Å²) in [5.41, 5.74) is 0. The lowest BCUT2D eigenvalue weighted by atomic mass is 10.5. The molecular formula is C15H14Br2F6N2O5S. The molecule has 0 aliphatic carbocycles.